The molecule has 0 bridgehead atoms. The molecule has 3 amide bonds. The van der Waals surface area contributed by atoms with E-state index in [4.69, 9.17) is 44.3 Å². The summed E-state index contributed by atoms with van der Waals surface area (Å²) in [5.41, 5.74) is -0.488. The maximum Gasteiger partial charge on any atom is 0.410 e. The first-order valence-electron chi connectivity index (χ1n) is 11.7. The number of aromatic nitrogens is 3. The maximum atomic E-state index is 13.5. The molecule has 0 unspecified atom stereocenters. The van der Waals surface area contributed by atoms with Gasteiger partial charge < -0.3 is 25.0 Å². The van der Waals surface area contributed by atoms with E-state index >= 15 is 0 Å². The topological polar surface area (TPSA) is 128 Å². The van der Waals surface area contributed by atoms with Gasteiger partial charge in [-0.1, -0.05) is 34.8 Å². The van der Waals surface area contributed by atoms with Gasteiger partial charge in [0.2, 0.25) is 5.88 Å². The molecule has 3 aromatic rings. The monoisotopic (exact) mass is 594 g/mol. The van der Waals surface area contributed by atoms with Gasteiger partial charge in [-0.15, -0.1) is 5.10 Å². The molecule has 0 spiro atoms. The number of likely N-dealkylation sites (tertiary alicyclic amines) is 1. The highest BCUT2D eigenvalue weighted by Crippen LogP contribution is 2.32. The van der Waals surface area contributed by atoms with Gasteiger partial charge in [-0.2, -0.15) is 0 Å². The minimum Gasteiger partial charge on any atom is -0.469 e. The van der Waals surface area contributed by atoms with Gasteiger partial charge in [-0.3, -0.25) is 9.59 Å². The van der Waals surface area contributed by atoms with Crippen molar-refractivity contribution in [3.8, 4) is 11.7 Å². The lowest BCUT2D eigenvalue weighted by atomic mass is 10.1. The number of benzene rings is 1. The van der Waals surface area contributed by atoms with E-state index in [1.54, 1.807) is 32.9 Å². The van der Waals surface area contributed by atoms with Gasteiger partial charge in [0.15, 0.2) is 5.82 Å². The minimum absolute atomic E-state index is 0.00259. The fraction of sp³-hybridized carbons (Fsp3) is 0.320. The third kappa shape index (κ3) is 6.55. The lowest BCUT2D eigenvalue weighted by Gasteiger charge is -2.38. The number of anilines is 1. The average Bonchev–Trinajstić information content (AvgIpc) is 3.25. The fourth-order valence-electron chi connectivity index (χ4n) is 3.62. The van der Waals surface area contributed by atoms with Crippen LogP contribution in [0.1, 0.15) is 41.6 Å². The molecular formula is C25H25Cl3N6O5. The molecule has 2 aromatic heterocycles. The van der Waals surface area contributed by atoms with Gasteiger partial charge in [0, 0.05) is 24.3 Å². The van der Waals surface area contributed by atoms with Crippen LogP contribution in [-0.4, -0.2) is 69.4 Å². The molecule has 2 N–H and O–H groups in total. The first kappa shape index (κ1) is 28.5. The highest BCUT2D eigenvalue weighted by atomic mass is 35.5. The van der Waals surface area contributed by atoms with Crippen LogP contribution < -0.4 is 15.4 Å². The molecule has 3 heterocycles. The summed E-state index contributed by atoms with van der Waals surface area (Å²) >= 11 is 18.7. The van der Waals surface area contributed by atoms with Crippen LogP contribution in [0.15, 0.2) is 36.5 Å². The molecule has 39 heavy (non-hydrogen) atoms. The molecule has 14 heteroatoms. The van der Waals surface area contributed by atoms with Crippen LogP contribution in [0.25, 0.3) is 5.82 Å². The third-order valence-electron chi connectivity index (χ3n) is 5.41. The Labute approximate surface area is 239 Å². The van der Waals surface area contributed by atoms with E-state index in [-0.39, 0.29) is 62.9 Å². The van der Waals surface area contributed by atoms with E-state index in [9.17, 15) is 14.4 Å². The van der Waals surface area contributed by atoms with Gasteiger partial charge in [-0.05, 0) is 45.0 Å². The Kier molecular flexibility index (Phi) is 8.24. The Morgan fingerprint density at radius 2 is 1.77 bits per heavy atom. The highest BCUT2D eigenvalue weighted by molar-refractivity contribution is 6.38. The molecule has 4 rings (SSSR count). The first-order valence-corrected chi connectivity index (χ1v) is 12.9. The summed E-state index contributed by atoms with van der Waals surface area (Å²) in [5, 5.41) is 10.0. The number of carbonyl (C=O) groups excluding carboxylic acids is 3. The standard InChI is InChI=1S/C25H25Cl3N6O5/c1-25(2,3)39-24(37)33-11-14(12-33)38-19-10-18(34(32-19)21-16(27)6-5-7-30-21)23(36)31-20-15(22(35)29-4)8-13(26)9-17(20)28/h5-10,14H,11-12H2,1-4H3,(H,29,35)(H,31,36). The zero-order valence-corrected chi connectivity index (χ0v) is 23.7. The van der Waals surface area contributed by atoms with Gasteiger partial charge >= 0.3 is 6.09 Å². The number of amides is 3. The molecule has 0 saturated carbocycles. The van der Waals surface area contributed by atoms with E-state index < -0.39 is 23.5 Å². The maximum absolute atomic E-state index is 13.5. The van der Waals surface area contributed by atoms with Crippen molar-refractivity contribution in [2.45, 2.75) is 32.5 Å². The number of hydrogen-bond donors (Lipinski definition) is 2. The summed E-state index contributed by atoms with van der Waals surface area (Å²) in [6, 6.07) is 7.42. The van der Waals surface area contributed by atoms with E-state index in [1.165, 1.54) is 41.0 Å². The number of ether oxygens (including phenoxy) is 2. The largest absolute Gasteiger partial charge is 0.469 e. The average molecular weight is 596 g/mol. The van der Waals surface area contributed by atoms with Crippen LogP contribution in [0, 0.1) is 0 Å². The van der Waals surface area contributed by atoms with E-state index in [0.717, 1.165) is 0 Å². The summed E-state index contributed by atoms with van der Waals surface area (Å²) in [6.07, 6.45) is 0.678. The van der Waals surface area contributed by atoms with Crippen LogP contribution >= 0.6 is 34.8 Å². The van der Waals surface area contributed by atoms with Gasteiger partial charge in [-0.25, -0.2) is 14.5 Å². The second kappa shape index (κ2) is 11.3. The number of carbonyl (C=O) groups is 3. The van der Waals surface area contributed by atoms with Crippen molar-refractivity contribution in [1.82, 2.24) is 25.0 Å². The van der Waals surface area contributed by atoms with Crippen LogP contribution in [0.2, 0.25) is 15.1 Å². The number of nitrogens with one attached hydrogen (secondary N) is 2. The second-order valence-electron chi connectivity index (χ2n) is 9.56. The van der Waals surface area contributed by atoms with E-state index in [1.807, 2.05) is 0 Å². The molecule has 1 aromatic carbocycles. The Balaban J connectivity index is 1.61. The van der Waals surface area contributed by atoms with Crippen LogP contribution in [0.4, 0.5) is 10.5 Å². The Morgan fingerprint density at radius 1 is 1.05 bits per heavy atom. The third-order valence-corrected chi connectivity index (χ3v) is 6.22. The van der Waals surface area contributed by atoms with E-state index in [2.05, 4.69) is 20.7 Å². The van der Waals surface area contributed by atoms with Crippen molar-refractivity contribution >= 4 is 58.4 Å². The summed E-state index contributed by atoms with van der Waals surface area (Å²) in [5.74, 6) is -0.890. The number of pyridine rings is 1. The molecule has 1 saturated heterocycles. The molecule has 0 aliphatic carbocycles. The molecule has 0 radical (unpaired) electrons. The van der Waals surface area contributed by atoms with Crippen molar-refractivity contribution < 1.29 is 23.9 Å². The molecule has 1 fully saturated rings. The number of nitrogens with zero attached hydrogens (tertiary/aromatic N) is 4. The first-order chi connectivity index (χ1) is 18.4. The van der Waals surface area contributed by atoms with Crippen molar-refractivity contribution in [3.05, 3.63) is 62.9 Å². The lowest BCUT2D eigenvalue weighted by Crippen LogP contribution is -2.57. The van der Waals surface area contributed by atoms with Crippen molar-refractivity contribution in [2.24, 2.45) is 0 Å². The van der Waals surface area contributed by atoms with Crippen molar-refractivity contribution in [2.75, 3.05) is 25.5 Å². The van der Waals surface area contributed by atoms with Gasteiger partial charge in [0.05, 0.1) is 34.4 Å². The normalized spacial score (nSPS) is 13.5. The molecule has 0 atom stereocenters. The van der Waals surface area contributed by atoms with Crippen molar-refractivity contribution in [1.29, 1.82) is 0 Å². The lowest BCUT2D eigenvalue weighted by molar-refractivity contribution is -0.0233. The second-order valence-corrected chi connectivity index (χ2v) is 10.8. The molecule has 1 aliphatic rings. The predicted molar refractivity (Wildman–Crippen MR) is 146 cm³/mol. The Morgan fingerprint density at radius 3 is 2.41 bits per heavy atom. The van der Waals surface area contributed by atoms with Gasteiger partial charge in [0.1, 0.15) is 17.4 Å². The zero-order valence-electron chi connectivity index (χ0n) is 21.4. The molecule has 1 aliphatic heterocycles. The number of hydrogen-bond acceptors (Lipinski definition) is 7. The minimum atomic E-state index is -0.669. The quantitative estimate of drug-likeness (QED) is 0.417. The summed E-state index contributed by atoms with van der Waals surface area (Å²) in [6.45, 7) is 5.92. The summed E-state index contributed by atoms with van der Waals surface area (Å²) in [7, 11) is 1.44. The molecular weight excluding hydrogens is 571 g/mol. The highest BCUT2D eigenvalue weighted by Gasteiger charge is 2.36. The predicted octanol–water partition coefficient (Wildman–Crippen LogP) is 4.84. The van der Waals surface area contributed by atoms with Gasteiger partial charge in [0.25, 0.3) is 11.8 Å². The van der Waals surface area contributed by atoms with Crippen molar-refractivity contribution in [3.63, 3.8) is 0 Å². The fourth-order valence-corrected chi connectivity index (χ4v) is 4.37. The zero-order chi connectivity index (χ0) is 28.5. The SMILES string of the molecule is CNC(=O)c1cc(Cl)cc(Cl)c1NC(=O)c1cc(OC2CN(C(=O)OC(C)(C)C)C2)nn1-c1ncccc1Cl. The Hall–Kier alpha value is -3.54. The van der Waals surface area contributed by atoms with E-state index in [0.29, 0.717) is 0 Å². The van der Waals surface area contributed by atoms with Crippen LogP contribution in [0.3, 0.4) is 0 Å². The number of halogens is 3. The summed E-state index contributed by atoms with van der Waals surface area (Å²) in [4.78, 5) is 43.9. The number of rotatable bonds is 6. The van der Waals surface area contributed by atoms with Crippen LogP contribution in [0.5, 0.6) is 5.88 Å². The van der Waals surface area contributed by atoms with Crippen LogP contribution in [-0.2, 0) is 4.74 Å². The molecule has 11 nitrogen and oxygen atoms in total. The Bertz CT molecular complexity index is 1430. The molecule has 206 valence electrons. The summed E-state index contributed by atoms with van der Waals surface area (Å²) < 4.78 is 12.5. The smallest absolute Gasteiger partial charge is 0.410 e.